The van der Waals surface area contributed by atoms with Crippen LogP contribution < -0.4 is 10.7 Å². The van der Waals surface area contributed by atoms with Crippen molar-refractivity contribution < 1.29 is 14.1 Å². The van der Waals surface area contributed by atoms with Crippen LogP contribution in [0.1, 0.15) is 27.6 Å². The molecule has 2 heterocycles. The van der Waals surface area contributed by atoms with Crippen LogP contribution in [0.5, 0.6) is 0 Å². The largest absolute Gasteiger partial charge is 0.377 e. The number of methoxy groups -OCH3 is 1. The normalized spacial score (nSPS) is 11.0. The van der Waals surface area contributed by atoms with Crippen molar-refractivity contribution in [3.63, 3.8) is 0 Å². The summed E-state index contributed by atoms with van der Waals surface area (Å²) in [5.74, 6) is 0.428. The Bertz CT molecular complexity index is 1010. The molecule has 0 radical (unpaired) electrons. The van der Waals surface area contributed by atoms with E-state index in [1.54, 1.807) is 23.9 Å². The molecule has 0 fully saturated rings. The first-order valence-electron chi connectivity index (χ1n) is 8.18. The Kier molecular flexibility index (Phi) is 5.13. The van der Waals surface area contributed by atoms with Crippen molar-refractivity contribution in [2.75, 3.05) is 13.7 Å². The van der Waals surface area contributed by atoms with E-state index in [4.69, 9.17) is 9.26 Å². The zero-order valence-corrected chi connectivity index (χ0v) is 14.9. The van der Waals surface area contributed by atoms with Gasteiger partial charge in [-0.25, -0.2) is 0 Å². The highest BCUT2D eigenvalue weighted by molar-refractivity contribution is 5.97. The minimum Gasteiger partial charge on any atom is -0.377 e. The first kappa shape index (κ1) is 17.8. The van der Waals surface area contributed by atoms with E-state index in [1.807, 2.05) is 26.1 Å². The van der Waals surface area contributed by atoms with Crippen molar-refractivity contribution in [3.05, 3.63) is 57.5 Å². The molecule has 1 N–H and O–H groups in total. The predicted molar refractivity (Wildman–Crippen MR) is 95.0 cm³/mol. The van der Waals surface area contributed by atoms with Crippen molar-refractivity contribution in [1.82, 2.24) is 20.0 Å². The van der Waals surface area contributed by atoms with Gasteiger partial charge in [-0.1, -0.05) is 16.8 Å². The predicted octanol–water partition coefficient (Wildman–Crippen LogP) is 1.35. The number of carbonyl (C=O) groups is 1. The van der Waals surface area contributed by atoms with E-state index in [9.17, 15) is 9.59 Å². The summed E-state index contributed by atoms with van der Waals surface area (Å²) >= 11 is 0. The first-order valence-corrected chi connectivity index (χ1v) is 8.18. The summed E-state index contributed by atoms with van der Waals surface area (Å²) in [6, 6.07) is 5.61. The maximum absolute atomic E-state index is 12.7. The van der Waals surface area contributed by atoms with Crippen molar-refractivity contribution in [2.45, 2.75) is 20.0 Å². The van der Waals surface area contributed by atoms with Crippen LogP contribution in [0.3, 0.4) is 0 Å². The van der Waals surface area contributed by atoms with Crippen LogP contribution in [0.4, 0.5) is 0 Å². The van der Waals surface area contributed by atoms with Crippen LogP contribution in [0.2, 0.25) is 0 Å². The van der Waals surface area contributed by atoms with Gasteiger partial charge in [0.15, 0.2) is 5.82 Å². The number of hydrogen-bond acceptors (Lipinski definition) is 6. The number of nitrogens with zero attached hydrogens (tertiary/aromatic N) is 3. The molecule has 1 amide bonds. The van der Waals surface area contributed by atoms with Gasteiger partial charge in [-0.15, -0.1) is 0 Å². The second-order valence-electron chi connectivity index (χ2n) is 6.05. The average molecular weight is 356 g/mol. The summed E-state index contributed by atoms with van der Waals surface area (Å²) in [5.41, 5.74) is 1.58. The van der Waals surface area contributed by atoms with Crippen molar-refractivity contribution in [1.29, 1.82) is 0 Å². The first-order chi connectivity index (χ1) is 12.5. The Morgan fingerprint density at radius 3 is 2.96 bits per heavy atom. The maximum Gasteiger partial charge on any atom is 0.256 e. The van der Waals surface area contributed by atoms with Gasteiger partial charge in [0.25, 0.3) is 5.91 Å². The molecular formula is C18H20N4O4. The van der Waals surface area contributed by atoms with Crippen LogP contribution in [0.15, 0.2) is 33.7 Å². The summed E-state index contributed by atoms with van der Waals surface area (Å²) in [6.45, 7) is 2.46. The molecule has 0 atom stereocenters. The third kappa shape index (κ3) is 3.65. The highest BCUT2D eigenvalue weighted by Crippen LogP contribution is 2.13. The molecule has 0 aliphatic heterocycles. The number of ether oxygens (including phenoxy) is 1. The lowest BCUT2D eigenvalue weighted by molar-refractivity contribution is 0.0952. The Hall–Kier alpha value is -3.00. The van der Waals surface area contributed by atoms with Crippen LogP contribution in [-0.2, 0) is 24.8 Å². The molecular weight excluding hydrogens is 336 g/mol. The zero-order valence-electron chi connectivity index (χ0n) is 14.9. The molecule has 0 saturated carbocycles. The molecule has 0 saturated heterocycles. The number of nitrogens with one attached hydrogen (secondary N) is 1. The third-order valence-corrected chi connectivity index (χ3v) is 4.00. The lowest BCUT2D eigenvalue weighted by Crippen LogP contribution is -2.31. The van der Waals surface area contributed by atoms with E-state index in [-0.39, 0.29) is 24.1 Å². The molecule has 0 aliphatic carbocycles. The fourth-order valence-electron chi connectivity index (χ4n) is 2.73. The summed E-state index contributed by atoms with van der Waals surface area (Å²) in [7, 11) is 3.35. The second kappa shape index (κ2) is 7.49. The molecule has 0 unspecified atom stereocenters. The number of hydrogen-bond donors (Lipinski definition) is 1. The minimum atomic E-state index is -0.425. The molecule has 0 bridgehead atoms. The molecule has 2 aromatic heterocycles. The van der Waals surface area contributed by atoms with Crippen molar-refractivity contribution >= 4 is 16.8 Å². The van der Waals surface area contributed by atoms with Gasteiger partial charge in [-0.05, 0) is 19.1 Å². The Morgan fingerprint density at radius 1 is 1.38 bits per heavy atom. The lowest BCUT2D eigenvalue weighted by atomic mass is 10.1. The highest BCUT2D eigenvalue weighted by atomic mass is 16.5. The summed E-state index contributed by atoms with van der Waals surface area (Å²) in [6.07, 6.45) is 1.92. The lowest BCUT2D eigenvalue weighted by Gasteiger charge is -2.10. The van der Waals surface area contributed by atoms with Crippen LogP contribution >= 0.6 is 0 Å². The average Bonchev–Trinajstić information content (AvgIpc) is 3.05. The smallest absolute Gasteiger partial charge is 0.256 e. The Labute approximate surface area is 149 Å². The number of pyridine rings is 1. The van der Waals surface area contributed by atoms with Gasteiger partial charge in [0.05, 0.1) is 5.52 Å². The van der Waals surface area contributed by atoms with Crippen LogP contribution in [0.25, 0.3) is 10.9 Å². The summed E-state index contributed by atoms with van der Waals surface area (Å²) in [4.78, 5) is 29.2. The fraction of sp³-hybridized carbons (Fsp3) is 0.333. The molecule has 1 aromatic carbocycles. The standard InChI is InChI=1S/C18H20N4O4/c1-11-4-5-14-12(8-11)17(23)13(9-22(14)2)18(24)19-7-6-16-20-15(10-25-3)21-26-16/h4-5,8-9H,6-7,10H2,1-3H3,(H,19,24). The minimum absolute atomic E-state index is 0.108. The Morgan fingerprint density at radius 2 is 2.19 bits per heavy atom. The van der Waals surface area contributed by atoms with Crippen molar-refractivity contribution in [2.24, 2.45) is 7.05 Å². The second-order valence-corrected chi connectivity index (χ2v) is 6.05. The Balaban J connectivity index is 1.73. The van der Waals surface area contributed by atoms with E-state index in [0.29, 0.717) is 23.5 Å². The number of fused-ring (bicyclic) bond motifs is 1. The van der Waals surface area contributed by atoms with E-state index in [2.05, 4.69) is 15.5 Å². The summed E-state index contributed by atoms with van der Waals surface area (Å²) < 4.78 is 11.8. The third-order valence-electron chi connectivity index (χ3n) is 4.00. The van der Waals surface area contributed by atoms with Gasteiger partial charge in [-0.2, -0.15) is 4.98 Å². The quantitative estimate of drug-likeness (QED) is 0.716. The van der Waals surface area contributed by atoms with Gasteiger partial charge in [0.2, 0.25) is 11.3 Å². The summed E-state index contributed by atoms with van der Waals surface area (Å²) in [5, 5.41) is 7.01. The van der Waals surface area contributed by atoms with Gasteiger partial charge in [0.1, 0.15) is 12.2 Å². The number of rotatable bonds is 6. The monoisotopic (exact) mass is 356 g/mol. The molecule has 3 rings (SSSR count). The van der Waals surface area contributed by atoms with E-state index < -0.39 is 5.91 Å². The van der Waals surface area contributed by atoms with E-state index in [0.717, 1.165) is 11.1 Å². The van der Waals surface area contributed by atoms with Crippen LogP contribution in [-0.4, -0.2) is 34.3 Å². The molecule has 136 valence electrons. The zero-order chi connectivity index (χ0) is 18.7. The topological polar surface area (TPSA) is 99.3 Å². The van der Waals surface area contributed by atoms with Gasteiger partial charge < -0.3 is 19.1 Å². The van der Waals surface area contributed by atoms with Gasteiger partial charge in [-0.3, -0.25) is 9.59 Å². The number of aryl methyl sites for hydroxylation is 2. The number of amides is 1. The number of aromatic nitrogens is 3. The fourth-order valence-corrected chi connectivity index (χ4v) is 2.73. The van der Waals surface area contributed by atoms with Gasteiger partial charge >= 0.3 is 0 Å². The molecule has 8 heteroatoms. The van der Waals surface area contributed by atoms with E-state index >= 15 is 0 Å². The SMILES string of the molecule is COCc1noc(CCNC(=O)c2cn(C)c3ccc(C)cc3c2=O)n1. The molecule has 3 aromatic rings. The molecule has 0 aliphatic rings. The number of carbonyl (C=O) groups excluding carboxylic acids is 1. The van der Waals surface area contributed by atoms with Crippen molar-refractivity contribution in [3.8, 4) is 0 Å². The maximum atomic E-state index is 12.7. The molecule has 8 nitrogen and oxygen atoms in total. The molecule has 0 spiro atoms. The highest BCUT2D eigenvalue weighted by Gasteiger charge is 2.15. The number of benzene rings is 1. The van der Waals surface area contributed by atoms with Crippen LogP contribution in [0, 0.1) is 6.92 Å². The molecule has 26 heavy (non-hydrogen) atoms. The van der Waals surface area contributed by atoms with E-state index in [1.165, 1.54) is 0 Å². The van der Waals surface area contributed by atoms with Gasteiger partial charge in [0, 0.05) is 38.7 Å².